The van der Waals surface area contributed by atoms with E-state index in [0.717, 1.165) is 21.3 Å². The first-order chi connectivity index (χ1) is 12.0. The van der Waals surface area contributed by atoms with Gasteiger partial charge >= 0.3 is 0 Å². The van der Waals surface area contributed by atoms with Crippen LogP contribution in [0, 0.1) is 6.92 Å². The van der Waals surface area contributed by atoms with E-state index in [0.29, 0.717) is 11.6 Å². The molecular weight excluding hydrogens is 382 g/mol. The van der Waals surface area contributed by atoms with Crippen LogP contribution in [-0.4, -0.2) is 22.2 Å². The molecule has 5 nitrogen and oxygen atoms in total. The Labute approximate surface area is 154 Å². The Morgan fingerprint density at radius 1 is 1.16 bits per heavy atom. The fourth-order valence-corrected chi connectivity index (χ4v) is 2.73. The minimum Gasteiger partial charge on any atom is -0.481 e. The average Bonchev–Trinajstić information content (AvgIpc) is 2.97. The van der Waals surface area contributed by atoms with E-state index >= 15 is 0 Å². The van der Waals surface area contributed by atoms with Crippen LogP contribution in [0.5, 0.6) is 5.75 Å². The van der Waals surface area contributed by atoms with Crippen LogP contribution < -0.4 is 10.1 Å². The number of hydrogen-bond acceptors (Lipinski definition) is 3. The summed E-state index contributed by atoms with van der Waals surface area (Å²) in [6.07, 6.45) is -0.642. The van der Waals surface area contributed by atoms with Crippen LogP contribution in [0.25, 0.3) is 11.1 Å². The number of nitrogens with zero attached hydrogens (tertiary/aromatic N) is 1. The number of rotatable bonds is 5. The van der Waals surface area contributed by atoms with Gasteiger partial charge in [-0.3, -0.25) is 9.89 Å². The summed E-state index contributed by atoms with van der Waals surface area (Å²) in [6, 6.07) is 17.1. The van der Waals surface area contributed by atoms with Crippen molar-refractivity contribution in [2.75, 3.05) is 5.32 Å². The van der Waals surface area contributed by atoms with Crippen LogP contribution in [0.3, 0.4) is 0 Å². The minimum absolute atomic E-state index is 0.256. The Morgan fingerprint density at radius 3 is 2.52 bits per heavy atom. The number of ether oxygens (including phenoxy) is 1. The van der Waals surface area contributed by atoms with Crippen molar-refractivity contribution in [1.29, 1.82) is 0 Å². The normalized spacial score (nSPS) is 11.8. The van der Waals surface area contributed by atoms with Crippen molar-refractivity contribution in [1.82, 2.24) is 10.2 Å². The average molecular weight is 400 g/mol. The number of anilines is 1. The maximum Gasteiger partial charge on any atom is 0.266 e. The number of aromatic nitrogens is 2. The van der Waals surface area contributed by atoms with E-state index in [9.17, 15) is 4.79 Å². The van der Waals surface area contributed by atoms with Gasteiger partial charge in [0, 0.05) is 15.7 Å². The number of nitrogens with one attached hydrogen (secondary N) is 2. The number of carbonyl (C=O) groups excluding carboxylic acids is 1. The lowest BCUT2D eigenvalue weighted by atomic mass is 10.1. The number of para-hydroxylation sites is 1. The molecule has 1 amide bonds. The molecular formula is C19H18BrN3O2. The topological polar surface area (TPSA) is 67.0 Å². The molecule has 0 spiro atoms. The first kappa shape index (κ1) is 17.2. The van der Waals surface area contributed by atoms with Gasteiger partial charge in [0.05, 0.1) is 0 Å². The van der Waals surface area contributed by atoms with Crippen LogP contribution in [0.15, 0.2) is 59.1 Å². The fraction of sp³-hybridized carbons (Fsp3) is 0.158. The number of halogens is 1. The molecule has 0 radical (unpaired) electrons. The number of H-pyrrole nitrogens is 1. The van der Waals surface area contributed by atoms with Crippen LogP contribution in [0.2, 0.25) is 0 Å². The van der Waals surface area contributed by atoms with E-state index in [-0.39, 0.29) is 5.91 Å². The van der Waals surface area contributed by atoms with Gasteiger partial charge in [0.1, 0.15) is 5.75 Å². The van der Waals surface area contributed by atoms with E-state index in [2.05, 4.69) is 31.4 Å². The molecule has 0 saturated heterocycles. The Balaban J connectivity index is 1.77. The summed E-state index contributed by atoms with van der Waals surface area (Å²) in [7, 11) is 0. The SMILES string of the molecule is Cc1[nH]nc(NC(=O)[C@@H](C)Oc2ccccc2)c1-c1ccc(Br)cc1. The molecule has 0 fully saturated rings. The molecule has 6 heteroatoms. The van der Waals surface area contributed by atoms with Gasteiger partial charge in [-0.15, -0.1) is 0 Å². The highest BCUT2D eigenvalue weighted by Crippen LogP contribution is 2.30. The molecule has 25 heavy (non-hydrogen) atoms. The highest BCUT2D eigenvalue weighted by molar-refractivity contribution is 9.10. The second-order valence-corrected chi connectivity index (χ2v) is 6.56. The van der Waals surface area contributed by atoms with Crippen LogP contribution >= 0.6 is 15.9 Å². The van der Waals surface area contributed by atoms with Gasteiger partial charge in [0.15, 0.2) is 11.9 Å². The maximum absolute atomic E-state index is 12.5. The van der Waals surface area contributed by atoms with E-state index in [1.807, 2.05) is 61.5 Å². The second-order valence-electron chi connectivity index (χ2n) is 5.64. The molecule has 2 N–H and O–H groups in total. The van der Waals surface area contributed by atoms with Gasteiger partial charge in [-0.2, -0.15) is 5.10 Å². The number of aromatic amines is 1. The lowest BCUT2D eigenvalue weighted by Crippen LogP contribution is -2.30. The van der Waals surface area contributed by atoms with Crippen molar-refractivity contribution in [3.05, 3.63) is 64.8 Å². The van der Waals surface area contributed by atoms with Crippen molar-refractivity contribution in [3.8, 4) is 16.9 Å². The lowest BCUT2D eigenvalue weighted by molar-refractivity contribution is -0.122. The zero-order valence-corrected chi connectivity index (χ0v) is 15.5. The van der Waals surface area contributed by atoms with E-state index in [4.69, 9.17) is 4.74 Å². The number of benzene rings is 2. The smallest absolute Gasteiger partial charge is 0.266 e. The van der Waals surface area contributed by atoms with Crippen molar-refractivity contribution in [2.24, 2.45) is 0 Å². The van der Waals surface area contributed by atoms with E-state index < -0.39 is 6.10 Å². The summed E-state index contributed by atoms with van der Waals surface area (Å²) in [4.78, 5) is 12.5. The Hall–Kier alpha value is -2.60. The van der Waals surface area contributed by atoms with Gasteiger partial charge < -0.3 is 10.1 Å². The first-order valence-electron chi connectivity index (χ1n) is 7.88. The predicted molar refractivity (Wildman–Crippen MR) is 102 cm³/mol. The molecule has 2 aromatic carbocycles. The Kier molecular flexibility index (Phi) is 5.19. The third-order valence-corrected chi connectivity index (χ3v) is 4.28. The van der Waals surface area contributed by atoms with E-state index in [1.165, 1.54) is 0 Å². The van der Waals surface area contributed by atoms with Gasteiger partial charge in [-0.25, -0.2) is 0 Å². The first-order valence-corrected chi connectivity index (χ1v) is 8.67. The molecule has 0 bridgehead atoms. The molecule has 128 valence electrons. The molecule has 0 unspecified atom stereocenters. The van der Waals surface area contributed by atoms with Gasteiger partial charge in [-0.1, -0.05) is 46.3 Å². The largest absolute Gasteiger partial charge is 0.481 e. The fourth-order valence-electron chi connectivity index (χ4n) is 2.46. The second kappa shape index (κ2) is 7.53. The Morgan fingerprint density at radius 2 is 1.84 bits per heavy atom. The monoisotopic (exact) mass is 399 g/mol. The molecule has 1 aromatic heterocycles. The van der Waals surface area contributed by atoms with Crippen LogP contribution in [0.4, 0.5) is 5.82 Å². The number of amides is 1. The third-order valence-electron chi connectivity index (χ3n) is 3.75. The molecule has 0 aliphatic carbocycles. The standard InChI is InChI=1S/C19H18BrN3O2/c1-12-17(14-8-10-15(20)11-9-14)18(23-22-12)21-19(24)13(2)25-16-6-4-3-5-7-16/h3-11,13H,1-2H3,(H2,21,22,23,24)/t13-/m1/s1. The lowest BCUT2D eigenvalue weighted by Gasteiger charge is -2.14. The maximum atomic E-state index is 12.5. The quantitative estimate of drug-likeness (QED) is 0.660. The summed E-state index contributed by atoms with van der Waals surface area (Å²) < 4.78 is 6.65. The van der Waals surface area contributed by atoms with Crippen molar-refractivity contribution >= 4 is 27.7 Å². The number of aryl methyl sites for hydroxylation is 1. The van der Waals surface area contributed by atoms with Gasteiger partial charge in [-0.05, 0) is 43.7 Å². The Bertz CT molecular complexity index is 860. The van der Waals surface area contributed by atoms with Crippen molar-refractivity contribution in [2.45, 2.75) is 20.0 Å². The summed E-state index contributed by atoms with van der Waals surface area (Å²) in [5.41, 5.74) is 2.73. The third kappa shape index (κ3) is 4.09. The number of carbonyl (C=O) groups is 1. The molecule has 1 heterocycles. The summed E-state index contributed by atoms with van der Waals surface area (Å²) in [6.45, 7) is 3.63. The molecule has 3 rings (SSSR count). The summed E-state index contributed by atoms with van der Waals surface area (Å²) >= 11 is 3.43. The molecule has 3 aromatic rings. The van der Waals surface area contributed by atoms with Crippen LogP contribution in [0.1, 0.15) is 12.6 Å². The summed E-state index contributed by atoms with van der Waals surface area (Å²) in [5, 5.41) is 9.99. The zero-order valence-electron chi connectivity index (χ0n) is 13.9. The minimum atomic E-state index is -0.642. The van der Waals surface area contributed by atoms with Crippen LogP contribution in [-0.2, 0) is 4.79 Å². The molecule has 0 aliphatic heterocycles. The van der Waals surface area contributed by atoms with Gasteiger partial charge in [0.25, 0.3) is 5.91 Å². The summed E-state index contributed by atoms with van der Waals surface area (Å²) in [5.74, 6) is 0.888. The molecule has 0 saturated carbocycles. The van der Waals surface area contributed by atoms with Crippen molar-refractivity contribution in [3.63, 3.8) is 0 Å². The van der Waals surface area contributed by atoms with E-state index in [1.54, 1.807) is 6.92 Å². The van der Waals surface area contributed by atoms with Crippen molar-refractivity contribution < 1.29 is 9.53 Å². The number of hydrogen-bond donors (Lipinski definition) is 2. The zero-order chi connectivity index (χ0) is 17.8. The molecule has 0 aliphatic rings. The highest BCUT2D eigenvalue weighted by atomic mass is 79.9. The molecule has 1 atom stereocenters. The predicted octanol–water partition coefficient (Wildman–Crippen LogP) is 4.55. The van der Waals surface area contributed by atoms with Gasteiger partial charge in [0.2, 0.25) is 0 Å². The highest BCUT2D eigenvalue weighted by Gasteiger charge is 2.19.